The lowest BCUT2D eigenvalue weighted by atomic mass is 10.1. The normalized spacial score (nSPS) is 11.6. The van der Waals surface area contributed by atoms with Crippen LogP contribution in [0.1, 0.15) is 25.7 Å². The van der Waals surface area contributed by atoms with Gasteiger partial charge in [0.15, 0.2) is 16.0 Å². The minimum absolute atomic E-state index is 0.692. The van der Waals surface area contributed by atoms with E-state index in [1.165, 1.54) is 0 Å². The second-order valence-corrected chi connectivity index (χ2v) is 10.3. The highest BCUT2D eigenvalue weighted by Crippen LogP contribution is 2.25. The number of rotatable bonds is 15. The molecule has 4 rings (SSSR count). The Hall–Kier alpha value is -2.51. The molecule has 0 unspecified atom stereocenters. The van der Waals surface area contributed by atoms with Crippen molar-refractivity contribution in [2.24, 2.45) is 0 Å². The molecule has 4 aromatic rings. The van der Waals surface area contributed by atoms with E-state index in [0.29, 0.717) is 10.0 Å². The van der Waals surface area contributed by atoms with Gasteiger partial charge in [0.2, 0.25) is 0 Å². The number of nitrogens with one attached hydrogen (secondary N) is 2. The molecule has 6 nitrogen and oxygen atoms in total. The second kappa shape index (κ2) is 14.6. The quantitative estimate of drug-likeness (QED) is 0.143. The Morgan fingerprint density at radius 1 is 0.605 bits per heavy atom. The van der Waals surface area contributed by atoms with Crippen LogP contribution in [-0.4, -0.2) is 74.8 Å². The van der Waals surface area contributed by atoms with E-state index in [2.05, 4.69) is 20.6 Å². The molecule has 10 heteroatoms. The van der Waals surface area contributed by atoms with Gasteiger partial charge in [-0.2, -0.15) is 0 Å². The molecular formula is C28H32B2Cl2N6. The number of nitrogens with zero attached hydrogens (tertiary/aromatic N) is 4. The molecule has 194 valence electrons. The summed E-state index contributed by atoms with van der Waals surface area (Å²) in [7, 11) is 12.4. The lowest BCUT2D eigenvalue weighted by molar-refractivity contribution is 0.393. The SMILES string of the molecule is [B]N(CCCCN([B])CCCNc1ccnc2cc(Cl)ccc12)CCCNc1ccnc2cc(Cl)ccc12. The Balaban J connectivity index is 1.05. The predicted molar refractivity (Wildman–Crippen MR) is 164 cm³/mol. The van der Waals surface area contributed by atoms with Crippen LogP contribution in [0.5, 0.6) is 0 Å². The Morgan fingerprint density at radius 3 is 1.47 bits per heavy atom. The molecule has 2 heterocycles. The number of pyridine rings is 2. The summed E-state index contributed by atoms with van der Waals surface area (Å²) in [5.41, 5.74) is 3.91. The fraction of sp³-hybridized carbons (Fsp3) is 0.357. The lowest BCUT2D eigenvalue weighted by Crippen LogP contribution is -2.27. The van der Waals surface area contributed by atoms with E-state index in [9.17, 15) is 0 Å². The van der Waals surface area contributed by atoms with Gasteiger partial charge in [-0.25, -0.2) is 0 Å². The molecule has 2 N–H and O–H groups in total. The van der Waals surface area contributed by atoms with Crippen LogP contribution in [-0.2, 0) is 0 Å². The first-order valence-corrected chi connectivity index (χ1v) is 13.8. The summed E-state index contributed by atoms with van der Waals surface area (Å²) in [5.74, 6) is 0. The molecule has 0 saturated heterocycles. The first-order chi connectivity index (χ1) is 18.5. The zero-order chi connectivity index (χ0) is 26.7. The maximum Gasteiger partial charge on any atom is 0.182 e. The van der Waals surface area contributed by atoms with Crippen LogP contribution in [0.4, 0.5) is 11.4 Å². The highest BCUT2D eigenvalue weighted by atomic mass is 35.5. The van der Waals surface area contributed by atoms with Crippen LogP contribution < -0.4 is 10.6 Å². The average molecular weight is 545 g/mol. The molecular weight excluding hydrogens is 513 g/mol. The molecule has 0 bridgehead atoms. The molecule has 2 aromatic heterocycles. The summed E-state index contributed by atoms with van der Waals surface area (Å²) in [6.45, 7) is 5.04. The number of unbranched alkanes of at least 4 members (excludes halogenated alkanes) is 1. The third-order valence-electron chi connectivity index (χ3n) is 6.43. The number of hydrogen-bond acceptors (Lipinski definition) is 6. The van der Waals surface area contributed by atoms with E-state index < -0.39 is 0 Å². The zero-order valence-corrected chi connectivity index (χ0v) is 23.1. The van der Waals surface area contributed by atoms with Crippen LogP contribution in [0, 0.1) is 0 Å². The topological polar surface area (TPSA) is 56.3 Å². The van der Waals surface area contributed by atoms with Gasteiger partial charge < -0.3 is 20.3 Å². The number of fused-ring (bicyclic) bond motifs is 2. The molecule has 38 heavy (non-hydrogen) atoms. The van der Waals surface area contributed by atoms with Crippen LogP contribution in [0.15, 0.2) is 60.9 Å². The minimum Gasteiger partial charge on any atom is -0.384 e. The minimum atomic E-state index is 0.692. The Labute approximate surface area is 238 Å². The van der Waals surface area contributed by atoms with Crippen molar-refractivity contribution in [3.05, 3.63) is 71.0 Å². The summed E-state index contributed by atoms with van der Waals surface area (Å²) in [5, 5.41) is 10.5. The monoisotopic (exact) mass is 544 g/mol. The van der Waals surface area contributed by atoms with Crippen molar-refractivity contribution >= 4 is 72.3 Å². The smallest absolute Gasteiger partial charge is 0.182 e. The van der Waals surface area contributed by atoms with Gasteiger partial charge in [-0.1, -0.05) is 23.2 Å². The van der Waals surface area contributed by atoms with Gasteiger partial charge in [0.25, 0.3) is 0 Å². The van der Waals surface area contributed by atoms with E-state index in [1.807, 2.05) is 58.2 Å². The first kappa shape index (κ1) is 28.5. The number of benzene rings is 2. The van der Waals surface area contributed by atoms with E-state index in [-0.39, 0.29) is 0 Å². The largest absolute Gasteiger partial charge is 0.384 e. The summed E-state index contributed by atoms with van der Waals surface area (Å²) < 4.78 is 0. The highest BCUT2D eigenvalue weighted by Gasteiger charge is 2.05. The number of hydrogen-bond donors (Lipinski definition) is 2. The molecule has 0 aliphatic carbocycles. The van der Waals surface area contributed by atoms with Gasteiger partial charge in [0.05, 0.1) is 11.0 Å². The van der Waals surface area contributed by atoms with Gasteiger partial charge in [-0.15, -0.1) is 0 Å². The molecule has 0 aliphatic heterocycles. The molecule has 0 aliphatic rings. The van der Waals surface area contributed by atoms with Crippen molar-refractivity contribution in [2.45, 2.75) is 25.7 Å². The van der Waals surface area contributed by atoms with E-state index in [0.717, 1.165) is 98.1 Å². The van der Waals surface area contributed by atoms with Gasteiger partial charge in [-0.3, -0.25) is 9.97 Å². The maximum atomic E-state index is 6.19. The Morgan fingerprint density at radius 2 is 1.03 bits per heavy atom. The van der Waals surface area contributed by atoms with Crippen molar-refractivity contribution in [3.63, 3.8) is 0 Å². The molecule has 2 aromatic carbocycles. The van der Waals surface area contributed by atoms with Crippen LogP contribution >= 0.6 is 23.2 Å². The number of halogens is 2. The first-order valence-electron chi connectivity index (χ1n) is 13.1. The van der Waals surface area contributed by atoms with Crippen LogP contribution in [0.2, 0.25) is 10.0 Å². The molecule has 0 amide bonds. The standard InChI is InChI=1S/C28H32B2Cl2N6/c29-37(17-3-11-33-25-9-13-35-27-19-21(31)5-7-23(25)27)15-1-2-16-38(30)18-4-12-34-26-10-14-36-28-20-22(32)6-8-24(26)28/h5-10,13-14,19-20H,1-4,11-12,15-18H2,(H,33,35)(H,34,36). The van der Waals surface area contributed by atoms with Crippen molar-refractivity contribution < 1.29 is 0 Å². The third kappa shape index (κ3) is 8.50. The van der Waals surface area contributed by atoms with Gasteiger partial charge in [0, 0.05) is 57.7 Å². The van der Waals surface area contributed by atoms with Crippen molar-refractivity contribution in [2.75, 3.05) is 49.9 Å². The molecule has 4 radical (unpaired) electrons. The van der Waals surface area contributed by atoms with Crippen molar-refractivity contribution in [3.8, 4) is 0 Å². The van der Waals surface area contributed by atoms with Crippen molar-refractivity contribution in [1.82, 2.24) is 19.6 Å². The maximum absolute atomic E-state index is 6.19. The molecule has 0 atom stereocenters. The predicted octanol–water partition coefficient (Wildman–Crippen LogP) is 5.95. The summed E-state index contributed by atoms with van der Waals surface area (Å²) >= 11 is 12.1. The highest BCUT2D eigenvalue weighted by molar-refractivity contribution is 6.31. The Kier molecular flexibility index (Phi) is 10.9. The Bertz CT molecular complexity index is 1220. The fourth-order valence-corrected chi connectivity index (χ4v) is 4.75. The lowest BCUT2D eigenvalue weighted by Gasteiger charge is -2.20. The second-order valence-electron chi connectivity index (χ2n) is 9.38. The summed E-state index contributed by atoms with van der Waals surface area (Å²) in [6, 6.07) is 15.5. The molecule has 0 spiro atoms. The average Bonchev–Trinajstić information content (AvgIpc) is 2.91. The van der Waals surface area contributed by atoms with Crippen molar-refractivity contribution in [1.29, 1.82) is 0 Å². The molecule has 0 saturated carbocycles. The summed E-state index contributed by atoms with van der Waals surface area (Å²) in [4.78, 5) is 12.6. The van der Waals surface area contributed by atoms with E-state index in [4.69, 9.17) is 39.2 Å². The third-order valence-corrected chi connectivity index (χ3v) is 6.90. The van der Waals surface area contributed by atoms with Crippen LogP contribution in [0.25, 0.3) is 21.8 Å². The van der Waals surface area contributed by atoms with E-state index in [1.54, 1.807) is 12.4 Å². The van der Waals surface area contributed by atoms with Gasteiger partial charge in [0.1, 0.15) is 0 Å². The van der Waals surface area contributed by atoms with E-state index >= 15 is 0 Å². The summed E-state index contributed by atoms with van der Waals surface area (Å²) in [6.07, 6.45) is 7.52. The fourth-order valence-electron chi connectivity index (χ4n) is 4.41. The van der Waals surface area contributed by atoms with Gasteiger partial charge >= 0.3 is 0 Å². The zero-order valence-electron chi connectivity index (χ0n) is 21.5. The van der Waals surface area contributed by atoms with Crippen LogP contribution in [0.3, 0.4) is 0 Å². The number of aromatic nitrogens is 2. The van der Waals surface area contributed by atoms with Gasteiger partial charge in [-0.05, 0) is 100 Å². The number of anilines is 2. The molecule has 0 fully saturated rings.